The van der Waals surface area contributed by atoms with Crippen molar-refractivity contribution in [3.05, 3.63) is 0 Å². The van der Waals surface area contributed by atoms with Gasteiger partial charge in [0.15, 0.2) is 0 Å². The largest absolute Gasteiger partial charge is 2.00 e. The van der Waals surface area contributed by atoms with Crippen molar-refractivity contribution < 1.29 is 19.2 Å². The van der Waals surface area contributed by atoms with E-state index in [4.69, 9.17) is 19.2 Å². The minimum atomic E-state index is -5.61. The maximum absolute atomic E-state index is 8.58. The minimum Gasteiger partial charge on any atom is -0.894 e. The Morgan fingerprint density at radius 1 is 0.750 bits per heavy atom. The molecule has 0 atom stereocenters. The number of rotatable bonds is 0. The average molecular weight is 188 g/mol. The van der Waals surface area contributed by atoms with Gasteiger partial charge in [-0.05, 0) is 0 Å². The molecular weight excluding hydrogens is 184 g/mol. The quantitative estimate of drug-likeness (QED) is 0.355. The summed E-state index contributed by atoms with van der Waals surface area (Å²) in [6, 6.07) is 0. The maximum Gasteiger partial charge on any atom is 2.00 e. The van der Waals surface area contributed by atoms with Gasteiger partial charge in [0, 0.05) is 0 Å². The monoisotopic (exact) mass is 188 g/mol. The van der Waals surface area contributed by atoms with Crippen LogP contribution in [0.1, 0.15) is 7.43 Å². The Morgan fingerprint density at radius 3 is 0.750 bits per heavy atom. The SMILES string of the molecule is C.[Ca+2].[Ca+2].[O-][Si]([O-])([O-])[O-]. The van der Waals surface area contributed by atoms with Gasteiger partial charge in [-0.25, -0.2) is 0 Å². The van der Waals surface area contributed by atoms with Crippen molar-refractivity contribution in [2.45, 2.75) is 7.43 Å². The number of hydrogen-bond donors (Lipinski definition) is 0. The second kappa shape index (κ2) is 9.58. The molecular formula is CH4Ca2O4Si. The fourth-order valence-corrected chi connectivity index (χ4v) is 0. The van der Waals surface area contributed by atoms with Gasteiger partial charge in [-0.2, -0.15) is 0 Å². The van der Waals surface area contributed by atoms with Crippen LogP contribution in [0.4, 0.5) is 0 Å². The molecule has 0 bridgehead atoms. The van der Waals surface area contributed by atoms with E-state index in [9.17, 15) is 0 Å². The van der Waals surface area contributed by atoms with Crippen molar-refractivity contribution in [3.63, 3.8) is 0 Å². The van der Waals surface area contributed by atoms with Gasteiger partial charge in [0.25, 0.3) is 0 Å². The van der Waals surface area contributed by atoms with Crippen LogP contribution in [-0.2, 0) is 0 Å². The minimum absolute atomic E-state index is 0. The van der Waals surface area contributed by atoms with Gasteiger partial charge in [0.2, 0.25) is 0 Å². The topological polar surface area (TPSA) is 92.2 Å². The first-order valence-corrected chi connectivity index (χ1v) is 2.45. The molecule has 0 aromatic rings. The van der Waals surface area contributed by atoms with E-state index in [1.54, 1.807) is 0 Å². The van der Waals surface area contributed by atoms with Crippen LogP contribution >= 0.6 is 0 Å². The molecule has 0 aliphatic heterocycles. The van der Waals surface area contributed by atoms with Crippen molar-refractivity contribution in [2.24, 2.45) is 0 Å². The van der Waals surface area contributed by atoms with Gasteiger partial charge in [-0.1, -0.05) is 7.43 Å². The fraction of sp³-hybridized carbons (Fsp3) is 1.00. The second-order valence-electron chi connectivity index (χ2n) is 0.500. The molecule has 40 valence electrons. The van der Waals surface area contributed by atoms with Crippen LogP contribution < -0.4 is 19.2 Å². The molecule has 0 saturated carbocycles. The third-order valence-electron chi connectivity index (χ3n) is 0. The van der Waals surface area contributed by atoms with Crippen LogP contribution in [0.25, 0.3) is 0 Å². The van der Waals surface area contributed by atoms with E-state index < -0.39 is 9.05 Å². The Labute approximate surface area is 109 Å². The summed E-state index contributed by atoms with van der Waals surface area (Å²) in [6.45, 7) is 0. The predicted octanol–water partition coefficient (Wildman–Crippen LogP) is -5.26. The van der Waals surface area contributed by atoms with E-state index in [0.29, 0.717) is 0 Å². The first kappa shape index (κ1) is 22.4. The molecule has 8 heavy (non-hydrogen) atoms. The molecule has 4 nitrogen and oxygen atoms in total. The summed E-state index contributed by atoms with van der Waals surface area (Å²) in [4.78, 5) is 34.3. The van der Waals surface area contributed by atoms with E-state index in [0.717, 1.165) is 0 Å². The molecule has 0 aromatic heterocycles. The summed E-state index contributed by atoms with van der Waals surface area (Å²) >= 11 is 0. The first-order valence-electron chi connectivity index (χ1n) is 0.816. The molecule has 0 heterocycles. The van der Waals surface area contributed by atoms with Gasteiger partial charge in [-0.15, -0.1) is 0 Å². The molecule has 0 spiro atoms. The molecule has 0 fully saturated rings. The molecule has 0 saturated heterocycles. The van der Waals surface area contributed by atoms with Crippen LogP contribution in [0.15, 0.2) is 0 Å². The Balaban J connectivity index is -0.0000000267. The second-order valence-corrected chi connectivity index (χ2v) is 1.50. The van der Waals surface area contributed by atoms with Crippen LogP contribution in [0.5, 0.6) is 0 Å². The van der Waals surface area contributed by atoms with E-state index in [1.165, 1.54) is 0 Å². The molecule has 0 aliphatic rings. The zero-order valence-corrected chi connectivity index (χ0v) is 8.96. The van der Waals surface area contributed by atoms with E-state index in [2.05, 4.69) is 0 Å². The van der Waals surface area contributed by atoms with Crippen molar-refractivity contribution in [2.75, 3.05) is 0 Å². The maximum atomic E-state index is 8.58. The zero-order valence-electron chi connectivity index (χ0n) is 3.55. The summed E-state index contributed by atoms with van der Waals surface area (Å²) < 4.78 is 0. The normalized spacial score (nSPS) is 7.50. The molecule has 0 aromatic carbocycles. The zero-order chi connectivity index (χ0) is 4.50. The smallest absolute Gasteiger partial charge is 0.894 e. The van der Waals surface area contributed by atoms with E-state index >= 15 is 0 Å². The van der Waals surface area contributed by atoms with Crippen molar-refractivity contribution in [3.8, 4) is 0 Å². The molecule has 0 N–H and O–H groups in total. The first-order chi connectivity index (χ1) is 2.00. The summed E-state index contributed by atoms with van der Waals surface area (Å²) in [7, 11) is -5.61. The molecule has 0 radical (unpaired) electrons. The predicted molar refractivity (Wildman–Crippen MR) is 24.0 cm³/mol. The summed E-state index contributed by atoms with van der Waals surface area (Å²) in [5.41, 5.74) is 0. The van der Waals surface area contributed by atoms with Gasteiger partial charge >= 0.3 is 75.5 Å². The van der Waals surface area contributed by atoms with E-state index in [1.807, 2.05) is 0 Å². The van der Waals surface area contributed by atoms with Gasteiger partial charge in [0.05, 0.1) is 0 Å². The van der Waals surface area contributed by atoms with E-state index in [-0.39, 0.29) is 82.9 Å². The van der Waals surface area contributed by atoms with Crippen molar-refractivity contribution in [1.82, 2.24) is 0 Å². The molecule has 0 rings (SSSR count). The summed E-state index contributed by atoms with van der Waals surface area (Å²) in [6.07, 6.45) is 0. The Morgan fingerprint density at radius 2 is 0.750 bits per heavy atom. The molecule has 7 heteroatoms. The Bertz CT molecular complexity index is 29.5. The van der Waals surface area contributed by atoms with Gasteiger partial charge in [0.1, 0.15) is 0 Å². The van der Waals surface area contributed by atoms with Gasteiger partial charge in [-0.3, -0.25) is 0 Å². The standard InChI is InChI=1S/CH4.2Ca.O4Si/c;;;1-5(2,3)4/h1H4;;;/q;2*+2;-4. The van der Waals surface area contributed by atoms with Crippen LogP contribution in [0, 0.1) is 0 Å². The average Bonchev–Trinajstić information content (AvgIpc) is 0.722. The molecule has 0 amide bonds. The molecule has 0 aliphatic carbocycles. The fourth-order valence-electron chi connectivity index (χ4n) is 0. The van der Waals surface area contributed by atoms with Gasteiger partial charge < -0.3 is 28.2 Å². The molecule has 0 unspecified atom stereocenters. The van der Waals surface area contributed by atoms with Crippen molar-refractivity contribution in [1.29, 1.82) is 0 Å². The third-order valence-corrected chi connectivity index (χ3v) is 0. The van der Waals surface area contributed by atoms with Crippen LogP contribution in [-0.4, -0.2) is 84.5 Å². The van der Waals surface area contributed by atoms with Crippen LogP contribution in [0.3, 0.4) is 0 Å². The Kier molecular flexibility index (Phi) is 26.8. The summed E-state index contributed by atoms with van der Waals surface area (Å²) in [5.74, 6) is 0. The number of hydrogen-bond acceptors (Lipinski definition) is 4. The van der Waals surface area contributed by atoms with Crippen LogP contribution in [0.2, 0.25) is 0 Å². The Hall–Kier alpha value is 2.58. The van der Waals surface area contributed by atoms with Crippen molar-refractivity contribution >= 4 is 84.5 Å². The summed E-state index contributed by atoms with van der Waals surface area (Å²) in [5, 5.41) is 0. The third kappa shape index (κ3) is 74.2.